The van der Waals surface area contributed by atoms with Crippen molar-refractivity contribution in [3.8, 4) is 0 Å². The number of hydrogen-bond acceptors (Lipinski definition) is 5. The van der Waals surface area contributed by atoms with E-state index in [1.807, 2.05) is 13.8 Å². The van der Waals surface area contributed by atoms with Gasteiger partial charge in [-0.1, -0.05) is 5.21 Å². The summed E-state index contributed by atoms with van der Waals surface area (Å²) in [5.41, 5.74) is -0.0729. The van der Waals surface area contributed by atoms with Gasteiger partial charge >= 0.3 is 5.97 Å². The molecule has 0 saturated heterocycles. The SMILES string of the molecule is CC(C)NC(=O)CCNCCn1cc(C(=O)O)nn1. The highest BCUT2D eigenvalue weighted by molar-refractivity contribution is 5.84. The second-order valence-electron chi connectivity index (χ2n) is 4.39. The summed E-state index contributed by atoms with van der Waals surface area (Å²) >= 11 is 0. The Bertz CT molecular complexity index is 430. The van der Waals surface area contributed by atoms with Crippen molar-refractivity contribution < 1.29 is 14.7 Å². The van der Waals surface area contributed by atoms with Gasteiger partial charge in [-0.3, -0.25) is 9.48 Å². The van der Waals surface area contributed by atoms with E-state index in [0.29, 0.717) is 26.1 Å². The average Bonchev–Trinajstić information content (AvgIpc) is 2.76. The Morgan fingerprint density at radius 3 is 2.74 bits per heavy atom. The Morgan fingerprint density at radius 2 is 2.16 bits per heavy atom. The van der Waals surface area contributed by atoms with Crippen LogP contribution in [0.2, 0.25) is 0 Å². The lowest BCUT2D eigenvalue weighted by Crippen LogP contribution is -2.33. The van der Waals surface area contributed by atoms with Gasteiger partial charge in [0.05, 0.1) is 12.7 Å². The first-order valence-electron chi connectivity index (χ1n) is 6.12. The number of rotatable bonds is 8. The molecule has 1 rings (SSSR count). The maximum absolute atomic E-state index is 11.3. The molecule has 3 N–H and O–H groups in total. The molecule has 0 spiro atoms. The molecule has 19 heavy (non-hydrogen) atoms. The third-order valence-electron chi connectivity index (χ3n) is 2.25. The summed E-state index contributed by atoms with van der Waals surface area (Å²) in [4.78, 5) is 21.9. The second kappa shape index (κ2) is 7.47. The van der Waals surface area contributed by atoms with E-state index in [4.69, 9.17) is 5.11 Å². The predicted molar refractivity (Wildman–Crippen MR) is 67.7 cm³/mol. The Labute approximate surface area is 111 Å². The van der Waals surface area contributed by atoms with Crippen LogP contribution in [0, 0.1) is 0 Å². The minimum atomic E-state index is -1.09. The van der Waals surface area contributed by atoms with Crippen molar-refractivity contribution in [3.05, 3.63) is 11.9 Å². The van der Waals surface area contributed by atoms with Crippen molar-refractivity contribution in [1.29, 1.82) is 0 Å². The normalized spacial score (nSPS) is 10.7. The molecule has 8 heteroatoms. The van der Waals surface area contributed by atoms with E-state index < -0.39 is 5.97 Å². The van der Waals surface area contributed by atoms with Crippen molar-refractivity contribution in [2.24, 2.45) is 0 Å². The lowest BCUT2D eigenvalue weighted by molar-refractivity contribution is -0.121. The van der Waals surface area contributed by atoms with Crippen LogP contribution >= 0.6 is 0 Å². The molecule has 0 saturated carbocycles. The van der Waals surface area contributed by atoms with Crippen LogP contribution < -0.4 is 10.6 Å². The van der Waals surface area contributed by atoms with Crippen molar-refractivity contribution >= 4 is 11.9 Å². The zero-order chi connectivity index (χ0) is 14.3. The second-order valence-corrected chi connectivity index (χ2v) is 4.39. The molecule has 0 bridgehead atoms. The molecule has 0 fully saturated rings. The summed E-state index contributed by atoms with van der Waals surface area (Å²) in [6, 6.07) is 0.150. The maximum Gasteiger partial charge on any atom is 0.358 e. The van der Waals surface area contributed by atoms with Gasteiger partial charge in [-0.25, -0.2) is 4.79 Å². The minimum Gasteiger partial charge on any atom is -0.476 e. The molecule has 8 nitrogen and oxygen atoms in total. The van der Waals surface area contributed by atoms with Crippen molar-refractivity contribution in [2.75, 3.05) is 13.1 Å². The van der Waals surface area contributed by atoms with Crippen LogP contribution in [0.3, 0.4) is 0 Å². The third kappa shape index (κ3) is 5.96. The number of carboxylic acids is 1. The monoisotopic (exact) mass is 269 g/mol. The molecule has 1 amide bonds. The summed E-state index contributed by atoms with van der Waals surface area (Å²) in [5.74, 6) is -1.08. The number of aromatic nitrogens is 3. The highest BCUT2D eigenvalue weighted by Gasteiger charge is 2.07. The molecule has 1 heterocycles. The number of carboxylic acid groups (broad SMARTS) is 1. The summed E-state index contributed by atoms with van der Waals surface area (Å²) in [6.45, 7) is 5.49. The zero-order valence-electron chi connectivity index (χ0n) is 11.1. The van der Waals surface area contributed by atoms with Crippen molar-refractivity contribution in [3.63, 3.8) is 0 Å². The molecule has 1 aromatic heterocycles. The number of aromatic carboxylic acids is 1. The first kappa shape index (κ1) is 15.1. The van der Waals surface area contributed by atoms with Gasteiger partial charge in [0.2, 0.25) is 5.91 Å². The first-order valence-corrected chi connectivity index (χ1v) is 6.12. The molecular formula is C11H19N5O3. The van der Waals surface area contributed by atoms with Crippen molar-refractivity contribution in [1.82, 2.24) is 25.6 Å². The van der Waals surface area contributed by atoms with E-state index >= 15 is 0 Å². The van der Waals surface area contributed by atoms with E-state index in [9.17, 15) is 9.59 Å². The summed E-state index contributed by atoms with van der Waals surface area (Å²) in [5, 5.41) is 21.7. The Morgan fingerprint density at radius 1 is 1.42 bits per heavy atom. The average molecular weight is 269 g/mol. The van der Waals surface area contributed by atoms with Crippen LogP contribution in [0.5, 0.6) is 0 Å². The molecule has 0 aliphatic carbocycles. The fourth-order valence-electron chi connectivity index (χ4n) is 1.42. The van der Waals surface area contributed by atoms with Crippen LogP contribution in [0.1, 0.15) is 30.8 Å². The molecule has 0 radical (unpaired) electrons. The van der Waals surface area contributed by atoms with Crippen LogP contribution in [0.25, 0.3) is 0 Å². The van der Waals surface area contributed by atoms with E-state index in [2.05, 4.69) is 20.9 Å². The van der Waals surface area contributed by atoms with Gasteiger partial charge < -0.3 is 15.7 Å². The minimum absolute atomic E-state index is 0.0106. The molecule has 0 aliphatic heterocycles. The van der Waals surface area contributed by atoms with Crippen LogP contribution in [0.4, 0.5) is 0 Å². The fourth-order valence-corrected chi connectivity index (χ4v) is 1.42. The van der Waals surface area contributed by atoms with Gasteiger partial charge in [-0.05, 0) is 13.8 Å². The molecule has 1 aromatic rings. The Balaban J connectivity index is 2.13. The maximum atomic E-state index is 11.3. The molecule has 0 aromatic carbocycles. The summed E-state index contributed by atoms with van der Waals surface area (Å²) < 4.78 is 1.45. The first-order chi connectivity index (χ1) is 8.99. The number of carbonyl (C=O) groups excluding carboxylic acids is 1. The Hall–Kier alpha value is -1.96. The van der Waals surface area contributed by atoms with E-state index in [1.54, 1.807) is 0 Å². The number of nitrogens with one attached hydrogen (secondary N) is 2. The fraction of sp³-hybridized carbons (Fsp3) is 0.636. The number of amides is 1. The number of hydrogen-bond donors (Lipinski definition) is 3. The molecule has 106 valence electrons. The van der Waals surface area contributed by atoms with Gasteiger partial charge in [0.25, 0.3) is 0 Å². The topological polar surface area (TPSA) is 109 Å². The lowest BCUT2D eigenvalue weighted by Gasteiger charge is -2.08. The van der Waals surface area contributed by atoms with Gasteiger partial charge in [0, 0.05) is 25.6 Å². The van der Waals surface area contributed by atoms with Gasteiger partial charge in [-0.15, -0.1) is 5.10 Å². The van der Waals surface area contributed by atoms with Gasteiger partial charge in [-0.2, -0.15) is 0 Å². The van der Waals surface area contributed by atoms with Gasteiger partial charge in [0.15, 0.2) is 5.69 Å². The van der Waals surface area contributed by atoms with Gasteiger partial charge in [0.1, 0.15) is 0 Å². The lowest BCUT2D eigenvalue weighted by atomic mass is 10.3. The largest absolute Gasteiger partial charge is 0.476 e. The van der Waals surface area contributed by atoms with E-state index in [1.165, 1.54) is 10.9 Å². The van der Waals surface area contributed by atoms with Crippen molar-refractivity contribution in [2.45, 2.75) is 32.9 Å². The van der Waals surface area contributed by atoms with Crippen LogP contribution in [-0.2, 0) is 11.3 Å². The Kier molecular flexibility index (Phi) is 5.94. The molecule has 0 aliphatic rings. The highest BCUT2D eigenvalue weighted by atomic mass is 16.4. The molecular weight excluding hydrogens is 250 g/mol. The summed E-state index contributed by atoms with van der Waals surface area (Å²) in [6.07, 6.45) is 1.78. The molecule has 0 unspecified atom stereocenters. The van der Waals surface area contributed by atoms with Crippen LogP contribution in [0.15, 0.2) is 6.20 Å². The standard InChI is InChI=1S/C11H19N5O3/c1-8(2)13-10(17)3-4-12-5-6-16-7-9(11(18)19)14-15-16/h7-8,12H,3-6H2,1-2H3,(H,13,17)(H,18,19). The number of carbonyl (C=O) groups is 2. The molecule has 0 atom stereocenters. The smallest absolute Gasteiger partial charge is 0.358 e. The zero-order valence-corrected chi connectivity index (χ0v) is 11.1. The number of nitrogens with zero attached hydrogens (tertiary/aromatic N) is 3. The quantitative estimate of drug-likeness (QED) is 0.548. The summed E-state index contributed by atoms with van der Waals surface area (Å²) in [7, 11) is 0. The van der Waals surface area contributed by atoms with E-state index in [-0.39, 0.29) is 17.6 Å². The third-order valence-corrected chi connectivity index (χ3v) is 2.25. The van der Waals surface area contributed by atoms with E-state index in [0.717, 1.165) is 0 Å². The highest BCUT2D eigenvalue weighted by Crippen LogP contribution is 1.91. The van der Waals surface area contributed by atoms with Crippen LogP contribution in [-0.4, -0.2) is 51.1 Å². The predicted octanol–water partition coefficient (Wildman–Crippen LogP) is -0.519.